The Morgan fingerprint density at radius 2 is 2.10 bits per heavy atom. The SMILES string of the molecule is N#Cc1cc([N+](=O)[O-])ccc1N1CCCN(C(N)=O)CC1. The Labute approximate surface area is 121 Å². The van der Waals surface area contributed by atoms with Crippen LogP contribution >= 0.6 is 0 Å². The maximum atomic E-state index is 11.2. The number of hydrogen-bond acceptors (Lipinski definition) is 5. The van der Waals surface area contributed by atoms with Gasteiger partial charge in [-0.25, -0.2) is 4.79 Å². The van der Waals surface area contributed by atoms with Gasteiger partial charge < -0.3 is 15.5 Å². The summed E-state index contributed by atoms with van der Waals surface area (Å²) in [5.41, 5.74) is 6.07. The lowest BCUT2D eigenvalue weighted by atomic mass is 10.1. The van der Waals surface area contributed by atoms with Crippen LogP contribution in [0.15, 0.2) is 18.2 Å². The van der Waals surface area contributed by atoms with Gasteiger partial charge >= 0.3 is 6.03 Å². The number of benzene rings is 1. The number of nitro benzene ring substituents is 1. The molecule has 8 nitrogen and oxygen atoms in total. The van der Waals surface area contributed by atoms with Gasteiger partial charge in [0.1, 0.15) is 6.07 Å². The molecule has 0 radical (unpaired) electrons. The summed E-state index contributed by atoms with van der Waals surface area (Å²) in [5.74, 6) is 0. The average Bonchev–Trinajstić information content (AvgIpc) is 2.72. The first kappa shape index (κ1) is 14.6. The molecule has 0 saturated carbocycles. The zero-order valence-corrected chi connectivity index (χ0v) is 11.4. The molecule has 0 spiro atoms. The summed E-state index contributed by atoms with van der Waals surface area (Å²) in [7, 11) is 0. The Morgan fingerprint density at radius 3 is 2.71 bits per heavy atom. The van der Waals surface area contributed by atoms with Gasteiger partial charge in [0.2, 0.25) is 0 Å². The summed E-state index contributed by atoms with van der Waals surface area (Å²) < 4.78 is 0. The Bertz CT molecular complexity index is 610. The Kier molecular flexibility index (Phi) is 4.23. The molecular weight excluding hydrogens is 274 g/mol. The molecule has 2 amide bonds. The zero-order valence-electron chi connectivity index (χ0n) is 11.4. The van der Waals surface area contributed by atoms with Crippen LogP contribution < -0.4 is 10.6 Å². The highest BCUT2D eigenvalue weighted by Crippen LogP contribution is 2.25. The van der Waals surface area contributed by atoms with Gasteiger partial charge in [-0.2, -0.15) is 5.26 Å². The number of anilines is 1. The highest BCUT2D eigenvalue weighted by atomic mass is 16.6. The molecule has 0 atom stereocenters. The topological polar surface area (TPSA) is 116 Å². The summed E-state index contributed by atoms with van der Waals surface area (Å²) in [5, 5.41) is 19.9. The lowest BCUT2D eigenvalue weighted by molar-refractivity contribution is -0.384. The molecule has 1 fully saturated rings. The second-order valence-corrected chi connectivity index (χ2v) is 4.74. The summed E-state index contributed by atoms with van der Waals surface area (Å²) in [4.78, 5) is 24.9. The van der Waals surface area contributed by atoms with Gasteiger partial charge in [-0.15, -0.1) is 0 Å². The number of carbonyl (C=O) groups is 1. The molecule has 2 rings (SSSR count). The van der Waals surface area contributed by atoms with Crippen molar-refractivity contribution in [2.24, 2.45) is 5.73 Å². The van der Waals surface area contributed by atoms with E-state index in [0.29, 0.717) is 31.9 Å². The fourth-order valence-corrected chi connectivity index (χ4v) is 2.38. The molecule has 0 aliphatic carbocycles. The second-order valence-electron chi connectivity index (χ2n) is 4.74. The third-order valence-corrected chi connectivity index (χ3v) is 3.46. The highest BCUT2D eigenvalue weighted by molar-refractivity contribution is 5.72. The van der Waals surface area contributed by atoms with Crippen molar-refractivity contribution in [3.05, 3.63) is 33.9 Å². The lowest BCUT2D eigenvalue weighted by Gasteiger charge is -2.23. The minimum atomic E-state index is -0.526. The van der Waals surface area contributed by atoms with Crippen molar-refractivity contribution in [1.29, 1.82) is 5.26 Å². The van der Waals surface area contributed by atoms with E-state index in [4.69, 9.17) is 5.73 Å². The van der Waals surface area contributed by atoms with Gasteiger partial charge in [-0.1, -0.05) is 0 Å². The molecule has 21 heavy (non-hydrogen) atoms. The van der Waals surface area contributed by atoms with Crippen molar-refractivity contribution < 1.29 is 9.72 Å². The minimum Gasteiger partial charge on any atom is -0.369 e. The van der Waals surface area contributed by atoms with Crippen LogP contribution in [0.4, 0.5) is 16.2 Å². The average molecular weight is 289 g/mol. The standard InChI is InChI=1S/C13H15N5O3/c14-9-10-8-11(18(20)21)2-3-12(10)16-4-1-5-17(7-6-16)13(15)19/h2-3,8H,1,4-7H2,(H2,15,19). The van der Waals surface area contributed by atoms with E-state index in [0.717, 1.165) is 6.42 Å². The first-order chi connectivity index (χ1) is 10.0. The van der Waals surface area contributed by atoms with Crippen molar-refractivity contribution in [3.8, 4) is 6.07 Å². The van der Waals surface area contributed by atoms with E-state index in [9.17, 15) is 20.2 Å². The first-order valence-electron chi connectivity index (χ1n) is 6.51. The molecule has 0 unspecified atom stereocenters. The normalized spacial score (nSPS) is 15.2. The van der Waals surface area contributed by atoms with Crippen LogP contribution in [0.3, 0.4) is 0 Å². The van der Waals surface area contributed by atoms with Crippen LogP contribution in [0.5, 0.6) is 0 Å². The van der Waals surface area contributed by atoms with Gasteiger partial charge in [0, 0.05) is 38.3 Å². The van der Waals surface area contributed by atoms with Crippen LogP contribution in [0.1, 0.15) is 12.0 Å². The van der Waals surface area contributed by atoms with Crippen molar-refractivity contribution in [1.82, 2.24) is 4.90 Å². The third-order valence-electron chi connectivity index (χ3n) is 3.46. The molecule has 1 aromatic rings. The predicted molar refractivity (Wildman–Crippen MR) is 75.8 cm³/mol. The zero-order chi connectivity index (χ0) is 15.4. The van der Waals surface area contributed by atoms with Gasteiger partial charge in [0.05, 0.1) is 16.2 Å². The highest BCUT2D eigenvalue weighted by Gasteiger charge is 2.20. The number of nitrogens with two attached hydrogens (primary N) is 1. The molecule has 1 saturated heterocycles. The number of urea groups is 1. The maximum absolute atomic E-state index is 11.2. The second kappa shape index (κ2) is 6.09. The predicted octanol–water partition coefficient (Wildman–Crippen LogP) is 1.06. The number of carbonyl (C=O) groups excluding carboxylic acids is 1. The number of hydrogen-bond donors (Lipinski definition) is 1. The molecule has 0 aromatic heterocycles. The Balaban J connectivity index is 2.24. The maximum Gasteiger partial charge on any atom is 0.314 e. The molecule has 2 N–H and O–H groups in total. The summed E-state index contributed by atoms with van der Waals surface area (Å²) in [6, 6.07) is 5.77. The Hall–Kier alpha value is -2.82. The quantitative estimate of drug-likeness (QED) is 0.645. The van der Waals surface area contributed by atoms with E-state index in [1.165, 1.54) is 12.1 Å². The number of nitro groups is 1. The number of nitrogens with zero attached hydrogens (tertiary/aromatic N) is 4. The number of non-ortho nitro benzene ring substituents is 1. The summed E-state index contributed by atoms with van der Waals surface area (Å²) >= 11 is 0. The van der Waals surface area contributed by atoms with E-state index in [2.05, 4.69) is 0 Å². The fraction of sp³-hybridized carbons (Fsp3) is 0.385. The van der Waals surface area contributed by atoms with Crippen LogP contribution in [0, 0.1) is 21.4 Å². The number of nitriles is 1. The third kappa shape index (κ3) is 3.20. The van der Waals surface area contributed by atoms with Crippen molar-refractivity contribution >= 4 is 17.4 Å². The molecule has 110 valence electrons. The summed E-state index contributed by atoms with van der Waals surface area (Å²) in [6.07, 6.45) is 0.727. The number of amides is 2. The fourth-order valence-electron chi connectivity index (χ4n) is 2.38. The van der Waals surface area contributed by atoms with E-state index in [1.54, 1.807) is 11.0 Å². The molecular formula is C13H15N5O3. The first-order valence-corrected chi connectivity index (χ1v) is 6.51. The van der Waals surface area contributed by atoms with Gasteiger partial charge in [-0.05, 0) is 12.5 Å². The van der Waals surface area contributed by atoms with Crippen molar-refractivity contribution in [2.75, 3.05) is 31.1 Å². The summed E-state index contributed by atoms with van der Waals surface area (Å²) in [6.45, 7) is 2.24. The van der Waals surface area contributed by atoms with Crippen molar-refractivity contribution in [3.63, 3.8) is 0 Å². The Morgan fingerprint density at radius 1 is 1.33 bits per heavy atom. The molecule has 1 heterocycles. The van der Waals surface area contributed by atoms with E-state index in [1.807, 2.05) is 11.0 Å². The van der Waals surface area contributed by atoms with Crippen molar-refractivity contribution in [2.45, 2.75) is 6.42 Å². The minimum absolute atomic E-state index is 0.108. The van der Waals surface area contributed by atoms with Gasteiger partial charge in [-0.3, -0.25) is 10.1 Å². The molecule has 0 bridgehead atoms. The van der Waals surface area contributed by atoms with E-state index in [-0.39, 0.29) is 11.3 Å². The number of rotatable bonds is 2. The molecule has 1 aromatic carbocycles. The molecule has 1 aliphatic rings. The van der Waals surface area contributed by atoms with Crippen LogP contribution in [0.25, 0.3) is 0 Å². The molecule has 1 aliphatic heterocycles. The van der Waals surface area contributed by atoms with Crippen LogP contribution in [0.2, 0.25) is 0 Å². The van der Waals surface area contributed by atoms with Gasteiger partial charge in [0.15, 0.2) is 0 Å². The van der Waals surface area contributed by atoms with Gasteiger partial charge in [0.25, 0.3) is 5.69 Å². The lowest BCUT2D eigenvalue weighted by Crippen LogP contribution is -2.38. The van der Waals surface area contributed by atoms with Crippen LogP contribution in [-0.2, 0) is 0 Å². The molecule has 8 heteroatoms. The van der Waals surface area contributed by atoms with Crippen LogP contribution in [-0.4, -0.2) is 42.0 Å². The van der Waals surface area contributed by atoms with E-state index < -0.39 is 11.0 Å². The largest absolute Gasteiger partial charge is 0.369 e. The number of primary amides is 1. The smallest absolute Gasteiger partial charge is 0.314 e. The van der Waals surface area contributed by atoms with E-state index >= 15 is 0 Å². The monoisotopic (exact) mass is 289 g/mol.